The molecule has 0 unspecified atom stereocenters. The molecule has 0 saturated heterocycles. The smallest absolute Gasteiger partial charge is 0.319 e. The highest BCUT2D eigenvalue weighted by Gasteiger charge is 2.14. The molecule has 3 aromatic rings. The molecular weight excluding hydrogens is 447 g/mol. The minimum atomic E-state index is -3.85. The number of hydrogen-bond donors (Lipinski definition) is 4. The van der Waals surface area contributed by atoms with E-state index >= 15 is 0 Å². The van der Waals surface area contributed by atoms with E-state index in [1.807, 2.05) is 6.92 Å². The zero-order valence-corrected chi connectivity index (χ0v) is 18.6. The number of nitrogens with one attached hydrogen (secondary N) is 4. The fourth-order valence-electron chi connectivity index (χ4n) is 2.92. The van der Waals surface area contributed by atoms with Crippen molar-refractivity contribution in [3.8, 4) is 0 Å². The second-order valence-electron chi connectivity index (χ2n) is 7.05. The Bertz CT molecular complexity index is 1230. The number of urea groups is 1. The van der Waals surface area contributed by atoms with Crippen LogP contribution in [0.2, 0.25) is 0 Å². The standard InChI is InChI=1S/C23H23FN4O4S/c1-2-25-23(30)27-20-5-3-4-19(15-20)26-22(29)14-16-6-10-18(11-7-16)28-33(31,32)21-12-8-17(24)9-13-21/h3-13,15,28H,2,14H2,1H3,(H,26,29)(H2,25,27,30). The van der Waals surface area contributed by atoms with Crippen LogP contribution in [-0.2, 0) is 21.2 Å². The first kappa shape index (κ1) is 23.7. The van der Waals surface area contributed by atoms with E-state index in [0.717, 1.165) is 12.1 Å². The largest absolute Gasteiger partial charge is 0.338 e. The number of hydrogen-bond acceptors (Lipinski definition) is 4. The van der Waals surface area contributed by atoms with Crippen molar-refractivity contribution in [2.75, 3.05) is 21.9 Å². The van der Waals surface area contributed by atoms with Crippen LogP contribution in [0, 0.1) is 5.82 Å². The molecule has 3 aromatic carbocycles. The third-order valence-electron chi connectivity index (χ3n) is 4.44. The van der Waals surface area contributed by atoms with Crippen LogP contribution in [0.25, 0.3) is 0 Å². The molecule has 0 fully saturated rings. The Morgan fingerprint density at radius 1 is 0.848 bits per heavy atom. The third kappa shape index (κ3) is 7.04. The van der Waals surface area contributed by atoms with Gasteiger partial charge in [0.2, 0.25) is 5.91 Å². The summed E-state index contributed by atoms with van der Waals surface area (Å²) in [6, 6.07) is 17.3. The lowest BCUT2D eigenvalue weighted by Crippen LogP contribution is -2.28. The second kappa shape index (κ2) is 10.6. The number of anilines is 3. The second-order valence-corrected chi connectivity index (χ2v) is 8.73. The van der Waals surface area contributed by atoms with Crippen LogP contribution in [0.4, 0.5) is 26.2 Å². The van der Waals surface area contributed by atoms with Crippen molar-refractivity contribution in [1.82, 2.24) is 5.32 Å². The Balaban J connectivity index is 1.58. The molecular formula is C23H23FN4O4S. The van der Waals surface area contributed by atoms with Crippen LogP contribution < -0.4 is 20.7 Å². The number of carbonyl (C=O) groups excluding carboxylic acids is 2. The van der Waals surface area contributed by atoms with Crippen molar-refractivity contribution in [3.05, 3.63) is 84.2 Å². The molecule has 172 valence electrons. The summed E-state index contributed by atoms with van der Waals surface area (Å²) in [5, 5.41) is 8.05. The van der Waals surface area contributed by atoms with Crippen molar-refractivity contribution in [2.45, 2.75) is 18.2 Å². The Kier molecular flexibility index (Phi) is 7.62. The normalized spacial score (nSPS) is 10.8. The van der Waals surface area contributed by atoms with Gasteiger partial charge in [0.25, 0.3) is 10.0 Å². The van der Waals surface area contributed by atoms with Gasteiger partial charge < -0.3 is 16.0 Å². The summed E-state index contributed by atoms with van der Waals surface area (Å²) >= 11 is 0. The number of carbonyl (C=O) groups is 2. The molecule has 8 nitrogen and oxygen atoms in total. The summed E-state index contributed by atoms with van der Waals surface area (Å²) < 4.78 is 40.2. The van der Waals surface area contributed by atoms with Gasteiger partial charge in [-0.05, 0) is 67.1 Å². The van der Waals surface area contributed by atoms with Gasteiger partial charge in [0.05, 0.1) is 11.3 Å². The first-order valence-electron chi connectivity index (χ1n) is 10.1. The molecule has 10 heteroatoms. The predicted molar refractivity (Wildman–Crippen MR) is 125 cm³/mol. The van der Waals surface area contributed by atoms with Crippen molar-refractivity contribution >= 4 is 39.0 Å². The predicted octanol–water partition coefficient (Wildman–Crippen LogP) is 3.95. The molecule has 0 aliphatic carbocycles. The van der Waals surface area contributed by atoms with Crippen molar-refractivity contribution in [1.29, 1.82) is 0 Å². The maximum Gasteiger partial charge on any atom is 0.319 e. The third-order valence-corrected chi connectivity index (χ3v) is 5.83. The SMILES string of the molecule is CCNC(=O)Nc1cccc(NC(=O)Cc2ccc(NS(=O)(=O)c3ccc(F)cc3)cc2)c1. The fraction of sp³-hybridized carbons (Fsp3) is 0.130. The summed E-state index contributed by atoms with van der Waals surface area (Å²) in [4.78, 5) is 24.0. The van der Waals surface area contributed by atoms with E-state index in [2.05, 4.69) is 20.7 Å². The van der Waals surface area contributed by atoms with Gasteiger partial charge in [0, 0.05) is 23.6 Å². The number of amides is 3. The summed E-state index contributed by atoms with van der Waals surface area (Å²) in [6.45, 7) is 2.30. The maximum atomic E-state index is 13.0. The summed E-state index contributed by atoms with van der Waals surface area (Å²) in [6.07, 6.45) is 0.0684. The highest BCUT2D eigenvalue weighted by atomic mass is 32.2. The molecule has 0 aliphatic heterocycles. The average molecular weight is 471 g/mol. The van der Waals surface area contributed by atoms with Crippen LogP contribution in [-0.4, -0.2) is 26.9 Å². The Morgan fingerprint density at radius 2 is 1.48 bits per heavy atom. The van der Waals surface area contributed by atoms with E-state index in [0.29, 0.717) is 29.2 Å². The molecule has 0 spiro atoms. The summed E-state index contributed by atoms with van der Waals surface area (Å²) in [5.74, 6) is -0.800. The molecule has 0 heterocycles. The van der Waals surface area contributed by atoms with Crippen molar-refractivity contribution in [2.24, 2.45) is 0 Å². The van der Waals surface area contributed by atoms with E-state index in [4.69, 9.17) is 0 Å². The minimum Gasteiger partial charge on any atom is -0.338 e. The highest BCUT2D eigenvalue weighted by Crippen LogP contribution is 2.18. The molecule has 0 radical (unpaired) electrons. The Morgan fingerprint density at radius 3 is 2.12 bits per heavy atom. The van der Waals surface area contributed by atoms with Crippen LogP contribution in [0.1, 0.15) is 12.5 Å². The summed E-state index contributed by atoms with van der Waals surface area (Å²) in [7, 11) is -3.85. The van der Waals surface area contributed by atoms with Crippen LogP contribution in [0.15, 0.2) is 77.7 Å². The number of benzene rings is 3. The zero-order chi connectivity index (χ0) is 23.8. The molecule has 0 saturated carbocycles. The Labute approximate surface area is 191 Å². The van der Waals surface area contributed by atoms with E-state index < -0.39 is 15.8 Å². The lowest BCUT2D eigenvalue weighted by Gasteiger charge is -2.10. The van der Waals surface area contributed by atoms with Crippen LogP contribution >= 0.6 is 0 Å². The molecule has 0 bridgehead atoms. The summed E-state index contributed by atoms with van der Waals surface area (Å²) in [5.41, 5.74) is 2.05. The molecule has 0 aromatic heterocycles. The Hall–Kier alpha value is -3.92. The fourth-order valence-corrected chi connectivity index (χ4v) is 3.98. The van der Waals surface area contributed by atoms with E-state index in [9.17, 15) is 22.4 Å². The van der Waals surface area contributed by atoms with Gasteiger partial charge in [-0.2, -0.15) is 0 Å². The van der Waals surface area contributed by atoms with Gasteiger partial charge in [-0.15, -0.1) is 0 Å². The van der Waals surface area contributed by atoms with Gasteiger partial charge in [0.15, 0.2) is 0 Å². The van der Waals surface area contributed by atoms with E-state index in [1.165, 1.54) is 12.1 Å². The molecule has 33 heavy (non-hydrogen) atoms. The van der Waals surface area contributed by atoms with Crippen molar-refractivity contribution in [3.63, 3.8) is 0 Å². The van der Waals surface area contributed by atoms with Gasteiger partial charge in [0.1, 0.15) is 5.82 Å². The van der Waals surface area contributed by atoms with Crippen molar-refractivity contribution < 1.29 is 22.4 Å². The first-order valence-corrected chi connectivity index (χ1v) is 11.6. The molecule has 0 aliphatic rings. The van der Waals surface area contributed by atoms with Gasteiger partial charge >= 0.3 is 6.03 Å². The average Bonchev–Trinajstić information content (AvgIpc) is 2.75. The van der Waals surface area contributed by atoms with Crippen LogP contribution in [0.5, 0.6) is 0 Å². The topological polar surface area (TPSA) is 116 Å². The molecule has 3 rings (SSSR count). The van der Waals surface area contributed by atoms with Gasteiger partial charge in [-0.25, -0.2) is 17.6 Å². The highest BCUT2D eigenvalue weighted by molar-refractivity contribution is 7.92. The number of sulfonamides is 1. The first-order chi connectivity index (χ1) is 15.7. The quantitative estimate of drug-likeness (QED) is 0.399. The lowest BCUT2D eigenvalue weighted by molar-refractivity contribution is -0.115. The minimum absolute atomic E-state index is 0.0590. The van der Waals surface area contributed by atoms with Gasteiger partial charge in [-0.1, -0.05) is 18.2 Å². The molecule has 3 amide bonds. The van der Waals surface area contributed by atoms with E-state index in [-0.39, 0.29) is 23.3 Å². The van der Waals surface area contributed by atoms with E-state index in [1.54, 1.807) is 48.5 Å². The monoisotopic (exact) mass is 470 g/mol. The number of rotatable bonds is 8. The zero-order valence-electron chi connectivity index (χ0n) is 17.8. The molecule has 4 N–H and O–H groups in total. The maximum absolute atomic E-state index is 13.0. The lowest BCUT2D eigenvalue weighted by atomic mass is 10.1. The van der Waals surface area contributed by atoms with Crippen LogP contribution in [0.3, 0.4) is 0 Å². The van der Waals surface area contributed by atoms with Gasteiger partial charge in [-0.3, -0.25) is 9.52 Å². The number of halogens is 1. The molecule has 0 atom stereocenters.